The second kappa shape index (κ2) is 9.72. The fraction of sp³-hybridized carbons (Fsp3) is 0.370. The van der Waals surface area contributed by atoms with Crippen LogP contribution in [0, 0.1) is 13.8 Å². The average molecular weight is 476 g/mol. The van der Waals surface area contributed by atoms with Gasteiger partial charge < -0.3 is 5.32 Å². The monoisotopic (exact) mass is 475 g/mol. The molecule has 3 heterocycles. The van der Waals surface area contributed by atoms with Crippen LogP contribution < -0.4 is 5.32 Å². The number of piperidine rings is 1. The summed E-state index contributed by atoms with van der Waals surface area (Å²) in [6.07, 6.45) is 3.08. The summed E-state index contributed by atoms with van der Waals surface area (Å²) in [4.78, 5) is 20.0. The molecule has 6 nitrogen and oxygen atoms in total. The molecule has 4 aromatic rings. The molecule has 0 spiro atoms. The van der Waals surface area contributed by atoms with Crippen LogP contribution in [0.25, 0.3) is 16.6 Å². The van der Waals surface area contributed by atoms with E-state index in [2.05, 4.69) is 35.3 Å². The van der Waals surface area contributed by atoms with Gasteiger partial charge in [0, 0.05) is 53.9 Å². The Labute approximate surface area is 204 Å². The van der Waals surface area contributed by atoms with E-state index in [1.165, 1.54) is 5.56 Å². The summed E-state index contributed by atoms with van der Waals surface area (Å²) in [5.74, 6) is 0.112. The molecule has 1 N–H and O–H groups in total. The van der Waals surface area contributed by atoms with Gasteiger partial charge in [0.15, 0.2) is 5.65 Å². The molecule has 0 radical (unpaired) electrons. The number of aryl methyl sites for hydroxylation is 2. The Kier molecular flexibility index (Phi) is 6.53. The second-order valence-electron chi connectivity index (χ2n) is 9.26. The number of likely N-dealkylation sites (tertiary alicyclic amines) is 1. The number of aromatic nitrogens is 3. The van der Waals surface area contributed by atoms with Gasteiger partial charge in [0.25, 0.3) is 0 Å². The molecule has 176 valence electrons. The lowest BCUT2D eigenvalue weighted by molar-refractivity contribution is -0.122. The molecule has 2 aromatic carbocycles. The maximum atomic E-state index is 12.7. The molecule has 1 saturated heterocycles. The van der Waals surface area contributed by atoms with E-state index in [1.807, 2.05) is 41.8 Å². The number of nitrogens with zero attached hydrogens (tertiary/aromatic N) is 4. The first-order valence-corrected chi connectivity index (χ1v) is 12.4. The zero-order valence-corrected chi connectivity index (χ0v) is 20.5. The summed E-state index contributed by atoms with van der Waals surface area (Å²) in [6, 6.07) is 16.3. The zero-order chi connectivity index (χ0) is 23.7. The molecule has 0 bridgehead atoms. The second-order valence-corrected chi connectivity index (χ2v) is 9.69. The molecule has 2 aromatic heterocycles. The zero-order valence-electron chi connectivity index (χ0n) is 19.7. The number of rotatable bonds is 6. The predicted octanol–water partition coefficient (Wildman–Crippen LogP) is 4.87. The summed E-state index contributed by atoms with van der Waals surface area (Å²) < 4.78 is 1.92. The van der Waals surface area contributed by atoms with E-state index >= 15 is 0 Å². The van der Waals surface area contributed by atoms with Gasteiger partial charge in [-0.05, 0) is 68.5 Å². The summed E-state index contributed by atoms with van der Waals surface area (Å²) in [6.45, 7) is 6.99. The first kappa shape index (κ1) is 22.8. The Hall–Kier alpha value is -2.96. The lowest BCUT2D eigenvalue weighted by Gasteiger charge is -2.32. The third-order valence-electron chi connectivity index (χ3n) is 6.89. The lowest BCUT2D eigenvalue weighted by Crippen LogP contribution is -2.44. The van der Waals surface area contributed by atoms with Crippen LogP contribution in [-0.4, -0.2) is 44.5 Å². The van der Waals surface area contributed by atoms with Crippen molar-refractivity contribution in [2.75, 3.05) is 13.1 Å². The van der Waals surface area contributed by atoms with E-state index in [9.17, 15) is 4.79 Å². The number of halogens is 1. The Morgan fingerprint density at radius 1 is 1.09 bits per heavy atom. The number of fused-ring (bicyclic) bond motifs is 3. The number of hydrogen-bond acceptors (Lipinski definition) is 4. The van der Waals surface area contributed by atoms with Gasteiger partial charge in [-0.15, -0.1) is 0 Å². The first-order chi connectivity index (χ1) is 16.5. The lowest BCUT2D eigenvalue weighted by atomic mass is 10.0. The summed E-state index contributed by atoms with van der Waals surface area (Å²) >= 11 is 5.98. The number of benzene rings is 2. The van der Waals surface area contributed by atoms with E-state index in [-0.39, 0.29) is 11.9 Å². The van der Waals surface area contributed by atoms with Crippen molar-refractivity contribution in [2.24, 2.45) is 0 Å². The molecule has 34 heavy (non-hydrogen) atoms. The van der Waals surface area contributed by atoms with Crippen LogP contribution in [0.5, 0.6) is 0 Å². The molecule has 1 aliphatic rings. The fourth-order valence-electron chi connectivity index (χ4n) is 4.96. The van der Waals surface area contributed by atoms with Crippen LogP contribution in [-0.2, 0) is 17.8 Å². The minimum absolute atomic E-state index is 0.112. The molecule has 1 fully saturated rings. The quantitative estimate of drug-likeness (QED) is 0.432. The van der Waals surface area contributed by atoms with Gasteiger partial charge in [0.1, 0.15) is 0 Å². The minimum Gasteiger partial charge on any atom is -0.353 e. The topological polar surface area (TPSA) is 62.5 Å². The van der Waals surface area contributed by atoms with Crippen molar-refractivity contribution in [2.45, 2.75) is 52.1 Å². The average Bonchev–Trinajstić information content (AvgIpc) is 3.20. The number of carbonyl (C=O) groups is 1. The minimum atomic E-state index is 0.112. The van der Waals surface area contributed by atoms with Gasteiger partial charge in [-0.2, -0.15) is 5.10 Å². The number of hydrogen-bond donors (Lipinski definition) is 1. The van der Waals surface area contributed by atoms with Gasteiger partial charge >= 0.3 is 0 Å². The molecule has 5 rings (SSSR count). The molecule has 0 saturated carbocycles. The van der Waals surface area contributed by atoms with Crippen LogP contribution in [0.15, 0.2) is 48.5 Å². The molecule has 0 aliphatic carbocycles. The maximum absolute atomic E-state index is 12.7. The number of amides is 1. The SMILES string of the molecule is Cc1nc2c3ccccc3nn2c(C)c1CCC(=O)NC1CCN(Cc2ccc(Cl)cc2)CC1. The van der Waals surface area contributed by atoms with E-state index in [0.29, 0.717) is 12.8 Å². The van der Waals surface area contributed by atoms with Crippen molar-refractivity contribution in [3.05, 3.63) is 76.1 Å². The third kappa shape index (κ3) is 4.79. The van der Waals surface area contributed by atoms with Crippen molar-refractivity contribution in [3.8, 4) is 0 Å². The van der Waals surface area contributed by atoms with Crippen molar-refractivity contribution < 1.29 is 4.79 Å². The normalized spacial score (nSPS) is 15.3. The summed E-state index contributed by atoms with van der Waals surface area (Å²) in [7, 11) is 0. The van der Waals surface area contributed by atoms with Gasteiger partial charge in [0.2, 0.25) is 5.91 Å². The van der Waals surface area contributed by atoms with E-state index in [4.69, 9.17) is 21.7 Å². The smallest absolute Gasteiger partial charge is 0.220 e. The van der Waals surface area contributed by atoms with Gasteiger partial charge in [-0.3, -0.25) is 9.69 Å². The van der Waals surface area contributed by atoms with Crippen LogP contribution in [0.2, 0.25) is 5.02 Å². The maximum Gasteiger partial charge on any atom is 0.220 e. The molecule has 0 unspecified atom stereocenters. The van der Waals surface area contributed by atoms with Crippen LogP contribution in [0.3, 0.4) is 0 Å². The third-order valence-corrected chi connectivity index (χ3v) is 7.14. The van der Waals surface area contributed by atoms with Crippen LogP contribution >= 0.6 is 11.6 Å². The Morgan fingerprint density at radius 2 is 1.82 bits per heavy atom. The predicted molar refractivity (Wildman–Crippen MR) is 136 cm³/mol. The molecule has 1 aliphatic heterocycles. The Bertz CT molecular complexity index is 1320. The Balaban J connectivity index is 1.16. The largest absolute Gasteiger partial charge is 0.353 e. The van der Waals surface area contributed by atoms with Crippen LogP contribution in [0.1, 0.15) is 41.8 Å². The first-order valence-electron chi connectivity index (χ1n) is 12.0. The van der Waals surface area contributed by atoms with Crippen molar-refractivity contribution >= 4 is 34.1 Å². The van der Waals surface area contributed by atoms with Crippen molar-refractivity contribution in [1.82, 2.24) is 24.8 Å². The van der Waals surface area contributed by atoms with E-state index in [1.54, 1.807) is 0 Å². The molecular weight excluding hydrogens is 446 g/mol. The Morgan fingerprint density at radius 3 is 2.59 bits per heavy atom. The number of carbonyl (C=O) groups excluding carboxylic acids is 1. The summed E-state index contributed by atoms with van der Waals surface area (Å²) in [5.41, 5.74) is 6.22. The van der Waals surface area contributed by atoms with Gasteiger partial charge in [-0.1, -0.05) is 35.9 Å². The van der Waals surface area contributed by atoms with Crippen molar-refractivity contribution in [3.63, 3.8) is 0 Å². The van der Waals surface area contributed by atoms with Crippen LogP contribution in [0.4, 0.5) is 0 Å². The molecule has 1 amide bonds. The molecule has 7 heteroatoms. The highest BCUT2D eigenvalue weighted by atomic mass is 35.5. The molecule has 0 atom stereocenters. The molecular formula is C27H30ClN5O. The van der Waals surface area contributed by atoms with E-state index in [0.717, 1.165) is 71.0 Å². The van der Waals surface area contributed by atoms with Crippen molar-refractivity contribution in [1.29, 1.82) is 0 Å². The van der Waals surface area contributed by atoms with Gasteiger partial charge in [0.05, 0.1) is 5.52 Å². The highest BCUT2D eigenvalue weighted by Crippen LogP contribution is 2.23. The standard InChI is InChI=1S/C27H30ClN5O/c1-18-23(19(2)33-27(29-18)24-5-3-4-6-25(24)31-33)11-12-26(34)30-22-13-15-32(16-14-22)17-20-7-9-21(28)10-8-20/h3-10,22H,11-17H2,1-2H3,(H,30,34). The fourth-order valence-corrected chi connectivity index (χ4v) is 5.09. The highest BCUT2D eigenvalue weighted by molar-refractivity contribution is 6.30. The number of nitrogens with one attached hydrogen (secondary N) is 1. The van der Waals surface area contributed by atoms with Gasteiger partial charge in [-0.25, -0.2) is 9.50 Å². The van der Waals surface area contributed by atoms with E-state index < -0.39 is 0 Å². The summed E-state index contributed by atoms with van der Waals surface area (Å²) in [5, 5.41) is 9.80. The highest BCUT2D eigenvalue weighted by Gasteiger charge is 2.21.